The highest BCUT2D eigenvalue weighted by Gasteiger charge is 2.36. The molecule has 3 rings (SSSR count). The van der Waals surface area contributed by atoms with Gasteiger partial charge >= 0.3 is 0 Å². The van der Waals surface area contributed by atoms with Crippen LogP contribution < -0.4 is 4.90 Å². The number of anilines is 1. The summed E-state index contributed by atoms with van der Waals surface area (Å²) in [6, 6.07) is -0.0798. The lowest BCUT2D eigenvalue weighted by atomic mass is 9.91. The molecule has 3 heterocycles. The van der Waals surface area contributed by atoms with Crippen molar-refractivity contribution in [1.29, 1.82) is 0 Å². The van der Waals surface area contributed by atoms with Crippen LogP contribution in [0.4, 0.5) is 5.69 Å². The summed E-state index contributed by atoms with van der Waals surface area (Å²) in [4.78, 5) is 31.5. The summed E-state index contributed by atoms with van der Waals surface area (Å²) >= 11 is 0. The SMILES string of the molecule is Cn1cc(N2CCC[C@@H](N3CCN(C(=O)CC(C)(C)C)CC3)C2=O)cn1. The van der Waals surface area contributed by atoms with E-state index in [1.54, 1.807) is 10.9 Å². The van der Waals surface area contributed by atoms with Gasteiger partial charge in [0.2, 0.25) is 11.8 Å². The van der Waals surface area contributed by atoms with Crippen LogP contribution in [0.3, 0.4) is 0 Å². The minimum absolute atomic E-state index is 0.0117. The van der Waals surface area contributed by atoms with E-state index in [1.165, 1.54) is 0 Å². The van der Waals surface area contributed by atoms with Gasteiger partial charge < -0.3 is 9.80 Å². The number of carbonyl (C=O) groups excluding carboxylic acids is 2. The average molecular weight is 361 g/mol. The fourth-order valence-electron chi connectivity index (χ4n) is 3.85. The van der Waals surface area contributed by atoms with Crippen molar-refractivity contribution >= 4 is 17.5 Å². The van der Waals surface area contributed by atoms with Gasteiger partial charge in [0, 0.05) is 52.4 Å². The van der Waals surface area contributed by atoms with Gasteiger partial charge in [0.15, 0.2) is 0 Å². The van der Waals surface area contributed by atoms with Gasteiger partial charge in [-0.15, -0.1) is 0 Å². The van der Waals surface area contributed by atoms with Crippen molar-refractivity contribution in [3.63, 3.8) is 0 Å². The molecule has 1 aromatic heterocycles. The quantitative estimate of drug-likeness (QED) is 0.818. The first-order valence-corrected chi connectivity index (χ1v) is 9.56. The summed E-state index contributed by atoms with van der Waals surface area (Å²) in [5.74, 6) is 0.392. The van der Waals surface area contributed by atoms with E-state index in [0.717, 1.165) is 38.2 Å². The van der Waals surface area contributed by atoms with Gasteiger partial charge in [-0.05, 0) is 18.3 Å². The zero-order valence-electron chi connectivity index (χ0n) is 16.4. The molecule has 26 heavy (non-hydrogen) atoms. The summed E-state index contributed by atoms with van der Waals surface area (Å²) < 4.78 is 1.73. The lowest BCUT2D eigenvalue weighted by Crippen LogP contribution is -2.58. The van der Waals surface area contributed by atoms with Crippen molar-refractivity contribution in [2.45, 2.75) is 46.1 Å². The monoisotopic (exact) mass is 361 g/mol. The van der Waals surface area contributed by atoms with Gasteiger partial charge in [0.05, 0.1) is 17.9 Å². The Morgan fingerprint density at radius 1 is 1.19 bits per heavy atom. The van der Waals surface area contributed by atoms with E-state index in [9.17, 15) is 9.59 Å². The highest BCUT2D eigenvalue weighted by Crippen LogP contribution is 2.25. The molecule has 0 radical (unpaired) electrons. The van der Waals surface area contributed by atoms with Crippen LogP contribution in [0.2, 0.25) is 0 Å². The highest BCUT2D eigenvalue weighted by atomic mass is 16.2. The van der Waals surface area contributed by atoms with Crippen molar-refractivity contribution in [2.24, 2.45) is 12.5 Å². The molecule has 0 aromatic carbocycles. The minimum Gasteiger partial charge on any atom is -0.340 e. The molecule has 0 aliphatic carbocycles. The first-order valence-electron chi connectivity index (χ1n) is 9.56. The number of piperidine rings is 1. The number of aromatic nitrogens is 2. The normalized spacial score (nSPS) is 22.8. The molecule has 7 heteroatoms. The van der Waals surface area contributed by atoms with E-state index in [4.69, 9.17) is 0 Å². The number of aryl methyl sites for hydroxylation is 1. The molecule has 0 spiro atoms. The highest BCUT2D eigenvalue weighted by molar-refractivity contribution is 5.97. The van der Waals surface area contributed by atoms with Crippen LogP contribution in [0.25, 0.3) is 0 Å². The van der Waals surface area contributed by atoms with Crippen molar-refractivity contribution < 1.29 is 9.59 Å². The molecule has 2 aliphatic heterocycles. The Bertz CT molecular complexity index is 655. The maximum atomic E-state index is 13.0. The third kappa shape index (κ3) is 4.26. The molecule has 2 fully saturated rings. The van der Waals surface area contributed by atoms with Crippen molar-refractivity contribution in [2.75, 3.05) is 37.6 Å². The number of hydrogen-bond acceptors (Lipinski definition) is 4. The number of nitrogens with zero attached hydrogens (tertiary/aromatic N) is 5. The molecular weight excluding hydrogens is 330 g/mol. The number of piperazine rings is 1. The second-order valence-electron chi connectivity index (χ2n) is 8.67. The van der Waals surface area contributed by atoms with E-state index in [2.05, 4.69) is 30.8 Å². The molecular formula is C19H31N5O2. The Morgan fingerprint density at radius 3 is 2.46 bits per heavy atom. The van der Waals surface area contributed by atoms with Gasteiger partial charge in [-0.2, -0.15) is 5.10 Å². The van der Waals surface area contributed by atoms with Crippen molar-refractivity contribution in [1.82, 2.24) is 19.6 Å². The zero-order chi connectivity index (χ0) is 18.9. The number of rotatable bonds is 3. The lowest BCUT2D eigenvalue weighted by Gasteiger charge is -2.42. The third-order valence-corrected chi connectivity index (χ3v) is 5.20. The lowest BCUT2D eigenvalue weighted by molar-refractivity contribution is -0.136. The summed E-state index contributed by atoms with van der Waals surface area (Å²) in [6.07, 6.45) is 6.11. The fourth-order valence-corrected chi connectivity index (χ4v) is 3.85. The van der Waals surface area contributed by atoms with Gasteiger partial charge in [-0.1, -0.05) is 20.8 Å². The summed E-state index contributed by atoms with van der Waals surface area (Å²) in [6.45, 7) is 10.0. The molecule has 0 unspecified atom stereocenters. The van der Waals surface area contributed by atoms with E-state index >= 15 is 0 Å². The topological polar surface area (TPSA) is 61.7 Å². The molecule has 0 bridgehead atoms. The van der Waals surface area contributed by atoms with E-state index < -0.39 is 0 Å². The maximum absolute atomic E-state index is 13.0. The Balaban J connectivity index is 1.58. The van der Waals surface area contributed by atoms with E-state index in [-0.39, 0.29) is 23.3 Å². The van der Waals surface area contributed by atoms with Gasteiger partial charge in [0.1, 0.15) is 0 Å². The average Bonchev–Trinajstić information content (AvgIpc) is 3.00. The minimum atomic E-state index is -0.0798. The Morgan fingerprint density at radius 2 is 1.88 bits per heavy atom. The molecule has 2 saturated heterocycles. The number of carbonyl (C=O) groups is 2. The first-order chi connectivity index (χ1) is 12.2. The van der Waals surface area contributed by atoms with Crippen LogP contribution in [0.1, 0.15) is 40.0 Å². The molecule has 2 aliphatic rings. The Labute approximate surface area is 155 Å². The first kappa shape index (κ1) is 18.9. The molecule has 144 valence electrons. The second kappa shape index (κ2) is 7.39. The zero-order valence-corrected chi connectivity index (χ0v) is 16.4. The van der Waals surface area contributed by atoms with Crippen LogP contribution in [0, 0.1) is 5.41 Å². The molecule has 0 saturated carbocycles. The number of hydrogen-bond donors (Lipinski definition) is 0. The largest absolute Gasteiger partial charge is 0.340 e. The van der Waals surface area contributed by atoms with E-state index in [1.807, 2.05) is 23.0 Å². The predicted molar refractivity (Wildman–Crippen MR) is 101 cm³/mol. The summed E-state index contributed by atoms with van der Waals surface area (Å²) in [5.41, 5.74) is 0.888. The summed E-state index contributed by atoms with van der Waals surface area (Å²) in [7, 11) is 1.86. The molecule has 7 nitrogen and oxygen atoms in total. The van der Waals surface area contributed by atoms with Crippen molar-refractivity contribution in [3.05, 3.63) is 12.4 Å². The predicted octanol–water partition coefficient (Wildman–Crippen LogP) is 1.50. The Hall–Kier alpha value is -1.89. The smallest absolute Gasteiger partial charge is 0.244 e. The molecule has 0 N–H and O–H groups in total. The third-order valence-electron chi connectivity index (χ3n) is 5.20. The van der Waals surface area contributed by atoms with Gasteiger partial charge in [-0.25, -0.2) is 0 Å². The van der Waals surface area contributed by atoms with Crippen LogP contribution in [0.5, 0.6) is 0 Å². The van der Waals surface area contributed by atoms with Gasteiger partial charge in [0.25, 0.3) is 0 Å². The maximum Gasteiger partial charge on any atom is 0.244 e. The molecule has 2 amide bonds. The molecule has 1 aromatic rings. The van der Waals surface area contributed by atoms with Crippen LogP contribution in [0.15, 0.2) is 12.4 Å². The standard InChI is InChI=1S/C19H31N5O2/c1-19(2,3)12-17(25)23-10-8-22(9-11-23)16-6-5-7-24(18(16)26)15-13-20-21(4)14-15/h13-14,16H,5-12H2,1-4H3/t16-/m1/s1. The molecule has 1 atom stereocenters. The van der Waals surface area contributed by atoms with E-state index in [0.29, 0.717) is 19.5 Å². The fraction of sp³-hybridized carbons (Fsp3) is 0.737. The van der Waals surface area contributed by atoms with Crippen LogP contribution >= 0.6 is 0 Å². The van der Waals surface area contributed by atoms with Gasteiger partial charge in [-0.3, -0.25) is 19.2 Å². The second-order valence-corrected chi connectivity index (χ2v) is 8.67. The van der Waals surface area contributed by atoms with Crippen molar-refractivity contribution in [3.8, 4) is 0 Å². The summed E-state index contributed by atoms with van der Waals surface area (Å²) in [5, 5.41) is 4.19. The number of amides is 2. The Kier molecular flexibility index (Phi) is 5.37. The van der Waals surface area contributed by atoms with Crippen LogP contribution in [-0.4, -0.2) is 70.2 Å². The van der Waals surface area contributed by atoms with Crippen LogP contribution in [-0.2, 0) is 16.6 Å².